The van der Waals surface area contributed by atoms with E-state index in [0.717, 1.165) is 15.6 Å². The van der Waals surface area contributed by atoms with Crippen molar-refractivity contribution in [1.82, 2.24) is 14.9 Å². The van der Waals surface area contributed by atoms with Crippen molar-refractivity contribution in [3.8, 4) is 0 Å². The number of nitrogens with zero attached hydrogens (tertiary/aromatic N) is 1. The summed E-state index contributed by atoms with van der Waals surface area (Å²) < 4.78 is 26.9. The zero-order valence-electron chi connectivity index (χ0n) is 15.4. The van der Waals surface area contributed by atoms with Crippen LogP contribution in [0.5, 0.6) is 0 Å². The Labute approximate surface area is 164 Å². The molecule has 7 nitrogen and oxygen atoms in total. The Morgan fingerprint density at radius 2 is 1.54 bits per heavy atom. The number of hydrogen-bond acceptors (Lipinski definition) is 5. The van der Waals surface area contributed by atoms with Gasteiger partial charge in [0.2, 0.25) is 11.8 Å². The first-order chi connectivity index (χ1) is 12.1. The van der Waals surface area contributed by atoms with Gasteiger partial charge in [0.15, 0.2) is 0 Å². The van der Waals surface area contributed by atoms with Crippen LogP contribution in [0.1, 0.15) is 40.5 Å². The maximum atomic E-state index is 12.8. The Kier molecular flexibility index (Phi) is 9.02. The standard InChI is InChI=1S/C16H26ClN3O4S2/c1-5-11(3)18-14(21)9-20(10-15(22)19-12(4)6-2)26(23,24)16-8-7-13(17)25-16/h7-8,11-12H,5-6,9-10H2,1-4H3,(H,18,21)(H,19,22)/t11-,12-/m1/s1. The molecular formula is C16H26ClN3O4S2. The van der Waals surface area contributed by atoms with Crippen LogP contribution in [0.25, 0.3) is 0 Å². The zero-order valence-corrected chi connectivity index (χ0v) is 17.8. The van der Waals surface area contributed by atoms with E-state index in [4.69, 9.17) is 11.6 Å². The summed E-state index contributed by atoms with van der Waals surface area (Å²) in [5.41, 5.74) is 0. The van der Waals surface area contributed by atoms with Crippen molar-refractivity contribution < 1.29 is 18.0 Å². The predicted molar refractivity (Wildman–Crippen MR) is 104 cm³/mol. The SMILES string of the molecule is CC[C@@H](C)NC(=O)CN(CC(=O)N[C@H](C)CC)S(=O)(=O)c1ccc(Cl)s1. The topological polar surface area (TPSA) is 95.6 Å². The van der Waals surface area contributed by atoms with Crippen LogP contribution < -0.4 is 10.6 Å². The highest BCUT2D eigenvalue weighted by Crippen LogP contribution is 2.28. The largest absolute Gasteiger partial charge is 0.353 e. The van der Waals surface area contributed by atoms with E-state index in [1.54, 1.807) is 0 Å². The minimum Gasteiger partial charge on any atom is -0.353 e. The third-order valence-corrected chi connectivity index (χ3v) is 7.31. The van der Waals surface area contributed by atoms with Crippen molar-refractivity contribution in [2.24, 2.45) is 0 Å². The van der Waals surface area contributed by atoms with Gasteiger partial charge in [0, 0.05) is 12.1 Å². The minimum absolute atomic E-state index is 0.00446. The second-order valence-corrected chi connectivity index (χ2v) is 9.97. The summed E-state index contributed by atoms with van der Waals surface area (Å²) in [4.78, 5) is 24.4. The lowest BCUT2D eigenvalue weighted by molar-refractivity contribution is -0.124. The van der Waals surface area contributed by atoms with Crippen LogP contribution in [-0.2, 0) is 19.6 Å². The first kappa shape index (κ1) is 22.9. The van der Waals surface area contributed by atoms with Crippen molar-refractivity contribution in [2.45, 2.75) is 56.8 Å². The first-order valence-corrected chi connectivity index (χ1v) is 11.1. The molecule has 1 heterocycles. The maximum Gasteiger partial charge on any atom is 0.253 e. The first-order valence-electron chi connectivity index (χ1n) is 8.44. The van der Waals surface area contributed by atoms with Gasteiger partial charge in [-0.1, -0.05) is 25.4 Å². The fourth-order valence-corrected chi connectivity index (χ4v) is 4.94. The molecule has 0 aliphatic rings. The molecule has 2 atom stereocenters. The lowest BCUT2D eigenvalue weighted by atomic mass is 10.2. The molecule has 0 radical (unpaired) electrons. The lowest BCUT2D eigenvalue weighted by Gasteiger charge is -2.22. The molecule has 0 aliphatic heterocycles. The second-order valence-electron chi connectivity index (χ2n) is 6.09. The summed E-state index contributed by atoms with van der Waals surface area (Å²) in [5.74, 6) is -0.913. The second kappa shape index (κ2) is 10.2. The molecule has 26 heavy (non-hydrogen) atoms. The zero-order chi connectivity index (χ0) is 19.9. The van der Waals surface area contributed by atoms with Gasteiger partial charge in [-0.05, 0) is 38.8 Å². The van der Waals surface area contributed by atoms with E-state index in [0.29, 0.717) is 17.2 Å². The number of carbonyl (C=O) groups excluding carboxylic acids is 2. The Balaban J connectivity index is 3.01. The number of amides is 2. The molecule has 2 N–H and O–H groups in total. The van der Waals surface area contributed by atoms with Gasteiger partial charge in [-0.3, -0.25) is 9.59 Å². The Bertz CT molecular complexity index is 695. The highest BCUT2D eigenvalue weighted by atomic mass is 35.5. The van der Waals surface area contributed by atoms with Crippen molar-refractivity contribution in [1.29, 1.82) is 0 Å². The number of nitrogens with one attached hydrogen (secondary N) is 2. The molecule has 1 aromatic heterocycles. The highest BCUT2D eigenvalue weighted by molar-refractivity contribution is 7.91. The van der Waals surface area contributed by atoms with E-state index in [1.165, 1.54) is 12.1 Å². The molecule has 0 saturated carbocycles. The molecule has 1 rings (SSSR count). The molecule has 0 unspecified atom stereocenters. The molecule has 0 spiro atoms. The number of carbonyl (C=O) groups is 2. The summed E-state index contributed by atoms with van der Waals surface area (Å²) in [5, 5.41) is 5.43. The van der Waals surface area contributed by atoms with Crippen molar-refractivity contribution in [3.63, 3.8) is 0 Å². The van der Waals surface area contributed by atoms with Gasteiger partial charge < -0.3 is 10.6 Å². The van der Waals surface area contributed by atoms with Gasteiger partial charge in [0.1, 0.15) is 4.21 Å². The third kappa shape index (κ3) is 6.86. The summed E-state index contributed by atoms with van der Waals surface area (Å²) in [6.45, 7) is 6.60. The van der Waals surface area contributed by atoms with E-state index in [2.05, 4.69) is 10.6 Å². The minimum atomic E-state index is -4.01. The van der Waals surface area contributed by atoms with Crippen LogP contribution in [0.3, 0.4) is 0 Å². The van der Waals surface area contributed by atoms with Crippen molar-refractivity contribution in [3.05, 3.63) is 16.5 Å². The average Bonchev–Trinajstić information content (AvgIpc) is 3.01. The van der Waals surface area contributed by atoms with E-state index < -0.39 is 34.9 Å². The van der Waals surface area contributed by atoms with Crippen LogP contribution >= 0.6 is 22.9 Å². The smallest absolute Gasteiger partial charge is 0.253 e. The monoisotopic (exact) mass is 423 g/mol. The lowest BCUT2D eigenvalue weighted by Crippen LogP contribution is -2.48. The molecule has 0 fully saturated rings. The quantitative estimate of drug-likeness (QED) is 0.603. The molecule has 0 aliphatic carbocycles. The molecule has 0 saturated heterocycles. The van der Waals surface area contributed by atoms with E-state index in [9.17, 15) is 18.0 Å². The van der Waals surface area contributed by atoms with Gasteiger partial charge in [0.05, 0.1) is 17.4 Å². The van der Waals surface area contributed by atoms with E-state index in [-0.39, 0.29) is 16.3 Å². The van der Waals surface area contributed by atoms with Crippen molar-refractivity contribution >= 4 is 44.8 Å². The van der Waals surface area contributed by atoms with Crippen LogP contribution in [0.15, 0.2) is 16.3 Å². The number of hydrogen-bond donors (Lipinski definition) is 2. The molecule has 10 heteroatoms. The molecule has 0 bridgehead atoms. The van der Waals surface area contributed by atoms with Crippen molar-refractivity contribution in [2.75, 3.05) is 13.1 Å². The van der Waals surface area contributed by atoms with Crippen LogP contribution in [0, 0.1) is 0 Å². The Morgan fingerprint density at radius 1 is 1.08 bits per heavy atom. The molecule has 0 aromatic carbocycles. The molecule has 1 aromatic rings. The number of halogens is 1. The fraction of sp³-hybridized carbons (Fsp3) is 0.625. The normalized spacial score (nSPS) is 14.1. The molecule has 2 amide bonds. The van der Waals surface area contributed by atoms with Gasteiger partial charge in [0.25, 0.3) is 10.0 Å². The summed E-state index contributed by atoms with van der Waals surface area (Å²) in [7, 11) is -4.01. The van der Waals surface area contributed by atoms with Crippen LogP contribution in [-0.4, -0.2) is 49.7 Å². The fourth-order valence-electron chi connectivity index (χ4n) is 1.95. The molecular weight excluding hydrogens is 398 g/mol. The van der Waals surface area contributed by atoms with Gasteiger partial charge in [-0.15, -0.1) is 11.3 Å². The predicted octanol–water partition coefficient (Wildman–Crippen LogP) is 2.22. The number of rotatable bonds is 10. The molecule has 148 valence electrons. The summed E-state index contributed by atoms with van der Waals surface area (Å²) >= 11 is 6.72. The van der Waals surface area contributed by atoms with E-state index >= 15 is 0 Å². The van der Waals surface area contributed by atoms with E-state index in [1.807, 2.05) is 27.7 Å². The Hall–Kier alpha value is -1.16. The van der Waals surface area contributed by atoms with Gasteiger partial charge in [-0.25, -0.2) is 8.42 Å². The maximum absolute atomic E-state index is 12.8. The van der Waals surface area contributed by atoms with Gasteiger partial charge in [-0.2, -0.15) is 4.31 Å². The average molecular weight is 424 g/mol. The third-order valence-electron chi connectivity index (χ3n) is 3.82. The summed E-state index contributed by atoms with van der Waals surface area (Å²) in [6.07, 6.45) is 1.43. The Morgan fingerprint density at radius 3 is 1.88 bits per heavy atom. The number of sulfonamides is 1. The highest BCUT2D eigenvalue weighted by Gasteiger charge is 2.30. The van der Waals surface area contributed by atoms with Crippen LogP contribution in [0.4, 0.5) is 0 Å². The summed E-state index contributed by atoms with van der Waals surface area (Å²) in [6, 6.07) is 2.67. The number of thiophene rings is 1. The van der Waals surface area contributed by atoms with Gasteiger partial charge >= 0.3 is 0 Å². The van der Waals surface area contributed by atoms with Crippen LogP contribution in [0.2, 0.25) is 4.34 Å².